The number of hydrogen-bond acceptors (Lipinski definition) is 1. The molecule has 0 aromatic heterocycles. The Kier molecular flexibility index (Phi) is 2.71. The van der Waals surface area contributed by atoms with Crippen LogP contribution in [0.3, 0.4) is 0 Å². The molecule has 1 heteroatoms. The molecule has 1 saturated carbocycles. The van der Waals surface area contributed by atoms with Crippen molar-refractivity contribution in [2.75, 3.05) is 0 Å². The third-order valence-corrected chi connectivity index (χ3v) is 4.16. The molecule has 0 bridgehead atoms. The summed E-state index contributed by atoms with van der Waals surface area (Å²) >= 11 is 0. The molecule has 0 spiro atoms. The van der Waals surface area contributed by atoms with Gasteiger partial charge in [0.2, 0.25) is 0 Å². The Labute approximate surface area is 108 Å². The molecule has 18 heavy (non-hydrogen) atoms. The molecule has 2 aromatic rings. The fourth-order valence-electron chi connectivity index (χ4n) is 2.71. The van der Waals surface area contributed by atoms with Crippen molar-refractivity contribution in [3.63, 3.8) is 0 Å². The van der Waals surface area contributed by atoms with E-state index in [-0.39, 0.29) is 11.5 Å². The highest BCUT2D eigenvalue weighted by Crippen LogP contribution is 2.51. The summed E-state index contributed by atoms with van der Waals surface area (Å²) in [4.78, 5) is 0. The Morgan fingerprint density at radius 2 is 1.44 bits per heavy atom. The minimum Gasteiger partial charge on any atom is -0.392 e. The van der Waals surface area contributed by atoms with Crippen molar-refractivity contribution in [1.82, 2.24) is 0 Å². The first kappa shape index (κ1) is 11.5. The van der Waals surface area contributed by atoms with Crippen LogP contribution >= 0.6 is 0 Å². The van der Waals surface area contributed by atoms with E-state index in [9.17, 15) is 5.11 Å². The zero-order valence-corrected chi connectivity index (χ0v) is 10.6. The number of rotatable bonds is 3. The number of aliphatic hydroxyl groups is 1. The Hall–Kier alpha value is -1.60. The summed E-state index contributed by atoms with van der Waals surface area (Å²) in [5, 5.41) is 9.88. The van der Waals surface area contributed by atoms with Crippen LogP contribution < -0.4 is 0 Å². The van der Waals surface area contributed by atoms with Gasteiger partial charge in [0.25, 0.3) is 0 Å². The number of hydrogen-bond donors (Lipinski definition) is 1. The standard InChI is InChI=1S/C17H18O/c1-13(18)17(11-12-17)16-9-7-15(8-10-16)14-5-3-2-4-6-14/h2-10,13,18H,11-12H2,1H3. The Morgan fingerprint density at radius 1 is 0.889 bits per heavy atom. The normalized spacial score (nSPS) is 18.3. The second-order valence-corrected chi connectivity index (χ2v) is 5.28. The monoisotopic (exact) mass is 238 g/mol. The van der Waals surface area contributed by atoms with Crippen molar-refractivity contribution in [1.29, 1.82) is 0 Å². The van der Waals surface area contributed by atoms with Gasteiger partial charge in [0.15, 0.2) is 0 Å². The summed E-state index contributed by atoms with van der Waals surface area (Å²) in [6, 6.07) is 19.0. The van der Waals surface area contributed by atoms with Crippen molar-refractivity contribution in [2.24, 2.45) is 0 Å². The third kappa shape index (κ3) is 1.85. The van der Waals surface area contributed by atoms with Gasteiger partial charge in [-0.3, -0.25) is 0 Å². The molecular formula is C17H18O. The van der Waals surface area contributed by atoms with E-state index in [1.165, 1.54) is 16.7 Å². The average molecular weight is 238 g/mol. The summed E-state index contributed by atoms with van der Waals surface area (Å²) < 4.78 is 0. The molecule has 1 N–H and O–H groups in total. The predicted octanol–water partition coefficient (Wildman–Crippen LogP) is 3.77. The Bertz CT molecular complexity index is 521. The highest BCUT2D eigenvalue weighted by atomic mass is 16.3. The van der Waals surface area contributed by atoms with E-state index >= 15 is 0 Å². The summed E-state index contributed by atoms with van der Waals surface area (Å²) in [5.41, 5.74) is 3.79. The Balaban J connectivity index is 1.91. The van der Waals surface area contributed by atoms with E-state index in [1.807, 2.05) is 13.0 Å². The summed E-state index contributed by atoms with van der Waals surface area (Å²) in [6.45, 7) is 1.90. The molecule has 0 amide bonds. The molecule has 1 unspecified atom stereocenters. The highest BCUT2D eigenvalue weighted by molar-refractivity contribution is 5.63. The van der Waals surface area contributed by atoms with Crippen molar-refractivity contribution < 1.29 is 5.11 Å². The van der Waals surface area contributed by atoms with Crippen LogP contribution in [0.5, 0.6) is 0 Å². The van der Waals surface area contributed by atoms with Crippen LogP contribution in [0.25, 0.3) is 11.1 Å². The maximum Gasteiger partial charge on any atom is 0.0608 e. The van der Waals surface area contributed by atoms with Gasteiger partial charge in [0, 0.05) is 5.41 Å². The van der Waals surface area contributed by atoms with Gasteiger partial charge in [-0.25, -0.2) is 0 Å². The van der Waals surface area contributed by atoms with E-state index in [1.54, 1.807) is 0 Å². The minimum absolute atomic E-state index is 0.0369. The lowest BCUT2D eigenvalue weighted by atomic mass is 9.89. The molecule has 2 aromatic carbocycles. The van der Waals surface area contributed by atoms with Crippen LogP contribution in [-0.2, 0) is 5.41 Å². The Morgan fingerprint density at radius 3 is 1.94 bits per heavy atom. The highest BCUT2D eigenvalue weighted by Gasteiger charge is 2.48. The molecule has 0 radical (unpaired) electrons. The molecule has 1 aliphatic rings. The largest absolute Gasteiger partial charge is 0.392 e. The third-order valence-electron chi connectivity index (χ3n) is 4.16. The van der Waals surface area contributed by atoms with E-state index < -0.39 is 0 Å². The first-order chi connectivity index (χ1) is 8.72. The first-order valence-corrected chi connectivity index (χ1v) is 6.56. The van der Waals surface area contributed by atoms with Gasteiger partial charge in [0.05, 0.1) is 6.10 Å². The average Bonchev–Trinajstić information content (AvgIpc) is 3.22. The van der Waals surface area contributed by atoms with Crippen molar-refractivity contribution in [2.45, 2.75) is 31.3 Å². The molecular weight excluding hydrogens is 220 g/mol. The van der Waals surface area contributed by atoms with Crippen LogP contribution in [0.4, 0.5) is 0 Å². The van der Waals surface area contributed by atoms with Gasteiger partial charge >= 0.3 is 0 Å². The van der Waals surface area contributed by atoms with E-state index in [2.05, 4.69) is 48.5 Å². The van der Waals surface area contributed by atoms with Crippen molar-refractivity contribution in [3.05, 3.63) is 60.2 Å². The zero-order valence-electron chi connectivity index (χ0n) is 10.6. The lowest BCUT2D eigenvalue weighted by molar-refractivity contribution is 0.150. The van der Waals surface area contributed by atoms with Crippen LogP contribution in [0, 0.1) is 0 Å². The van der Waals surface area contributed by atoms with E-state index in [4.69, 9.17) is 0 Å². The molecule has 92 valence electrons. The van der Waals surface area contributed by atoms with Gasteiger partial charge in [-0.1, -0.05) is 54.6 Å². The molecule has 1 fully saturated rings. The van der Waals surface area contributed by atoms with E-state index in [0.717, 1.165) is 12.8 Å². The summed E-state index contributed by atoms with van der Waals surface area (Å²) in [5.74, 6) is 0. The van der Waals surface area contributed by atoms with Crippen LogP contribution in [-0.4, -0.2) is 11.2 Å². The molecule has 0 aliphatic heterocycles. The molecule has 1 nitrogen and oxygen atoms in total. The lowest BCUT2D eigenvalue weighted by Gasteiger charge is -2.19. The van der Waals surface area contributed by atoms with Crippen LogP contribution in [0.2, 0.25) is 0 Å². The lowest BCUT2D eigenvalue weighted by Crippen LogP contribution is -2.22. The fraction of sp³-hybridized carbons (Fsp3) is 0.294. The topological polar surface area (TPSA) is 20.2 Å². The second kappa shape index (κ2) is 4.25. The molecule has 0 saturated heterocycles. The predicted molar refractivity (Wildman–Crippen MR) is 74.5 cm³/mol. The molecule has 1 atom stereocenters. The summed E-state index contributed by atoms with van der Waals surface area (Å²) in [7, 11) is 0. The molecule has 0 heterocycles. The molecule has 3 rings (SSSR count). The smallest absolute Gasteiger partial charge is 0.0608 e. The molecule has 1 aliphatic carbocycles. The minimum atomic E-state index is -0.250. The van der Waals surface area contributed by atoms with Gasteiger partial charge in [-0.05, 0) is 36.5 Å². The van der Waals surface area contributed by atoms with Crippen molar-refractivity contribution in [3.8, 4) is 11.1 Å². The zero-order chi connectivity index (χ0) is 12.6. The fourth-order valence-corrected chi connectivity index (χ4v) is 2.71. The maximum absolute atomic E-state index is 9.88. The van der Waals surface area contributed by atoms with Crippen LogP contribution in [0.15, 0.2) is 54.6 Å². The quantitative estimate of drug-likeness (QED) is 0.863. The van der Waals surface area contributed by atoms with Gasteiger partial charge in [-0.2, -0.15) is 0 Å². The van der Waals surface area contributed by atoms with Crippen molar-refractivity contribution >= 4 is 0 Å². The first-order valence-electron chi connectivity index (χ1n) is 6.56. The summed E-state index contributed by atoms with van der Waals surface area (Å²) in [6.07, 6.45) is 1.96. The second-order valence-electron chi connectivity index (χ2n) is 5.28. The number of aliphatic hydroxyl groups excluding tert-OH is 1. The van der Waals surface area contributed by atoms with Crippen LogP contribution in [0.1, 0.15) is 25.3 Å². The SMILES string of the molecule is CC(O)C1(c2ccc(-c3ccccc3)cc2)CC1. The number of benzene rings is 2. The van der Waals surface area contributed by atoms with E-state index in [0.29, 0.717) is 0 Å². The maximum atomic E-state index is 9.88. The van der Waals surface area contributed by atoms with Gasteiger partial charge in [-0.15, -0.1) is 0 Å². The van der Waals surface area contributed by atoms with Gasteiger partial charge in [0.1, 0.15) is 0 Å². The van der Waals surface area contributed by atoms with Gasteiger partial charge < -0.3 is 5.11 Å².